The van der Waals surface area contributed by atoms with Gasteiger partial charge in [0.15, 0.2) is 0 Å². The van der Waals surface area contributed by atoms with E-state index < -0.39 is 33.9 Å². The molecule has 26 heavy (non-hydrogen) atoms. The summed E-state index contributed by atoms with van der Waals surface area (Å²) in [6.45, 7) is 0.0198. The number of hydrogen-bond donors (Lipinski definition) is 2. The summed E-state index contributed by atoms with van der Waals surface area (Å²) in [5.41, 5.74) is 0.0658. The number of methoxy groups -OCH3 is 1. The fraction of sp³-hybridized carbons (Fsp3) is 0.500. The third-order valence-electron chi connectivity index (χ3n) is 4.26. The first-order valence-electron chi connectivity index (χ1n) is 7.85. The molecule has 2 rings (SSSR count). The number of amides is 1. The largest absolute Gasteiger partial charge is 0.508 e. The summed E-state index contributed by atoms with van der Waals surface area (Å²) >= 11 is 0. The molecule has 0 unspecified atom stereocenters. The van der Waals surface area contributed by atoms with Crippen LogP contribution in [0, 0.1) is 5.92 Å². The third kappa shape index (κ3) is 4.32. The van der Waals surface area contributed by atoms with E-state index in [1.54, 1.807) is 0 Å². The Morgan fingerprint density at radius 1 is 1.23 bits per heavy atom. The van der Waals surface area contributed by atoms with Gasteiger partial charge in [-0.2, -0.15) is 0 Å². The predicted octanol–water partition coefficient (Wildman–Crippen LogP) is -0.497. The Kier molecular flexibility index (Phi) is 5.89. The average molecular weight is 386 g/mol. The van der Waals surface area contributed by atoms with Gasteiger partial charge in [-0.25, -0.2) is 17.5 Å². The molecule has 0 radical (unpaired) electrons. The number of nitrogens with zero attached hydrogens (tertiary/aromatic N) is 2. The number of rotatable bonds is 5. The van der Waals surface area contributed by atoms with Crippen LogP contribution in [-0.2, 0) is 14.8 Å². The average Bonchev–Trinajstić information content (AvgIpc) is 2.92. The number of esters is 1. The van der Waals surface area contributed by atoms with E-state index in [2.05, 4.69) is 4.74 Å². The minimum Gasteiger partial charge on any atom is -0.508 e. The Bertz CT molecular complexity index is 807. The maximum atomic E-state index is 12.6. The predicted molar refractivity (Wildman–Crippen MR) is 92.3 cm³/mol. The van der Waals surface area contributed by atoms with Gasteiger partial charge in [-0.1, -0.05) is 0 Å². The highest BCUT2D eigenvalue weighted by molar-refractivity contribution is 7.89. The highest BCUT2D eigenvalue weighted by atomic mass is 32.2. The van der Waals surface area contributed by atoms with Crippen molar-refractivity contribution < 1.29 is 33.0 Å². The summed E-state index contributed by atoms with van der Waals surface area (Å²) in [5, 5.41) is 19.9. The number of β-amino-alcohol motifs (C(OH)–C–C–N with tert-alkyl or cyclic N) is 1. The molecule has 0 spiro atoms. The third-order valence-corrected chi connectivity index (χ3v) is 6.22. The van der Waals surface area contributed by atoms with E-state index >= 15 is 0 Å². The lowest BCUT2D eigenvalue weighted by Crippen LogP contribution is -2.33. The molecule has 1 aliphatic heterocycles. The van der Waals surface area contributed by atoms with Gasteiger partial charge in [0.2, 0.25) is 10.0 Å². The van der Waals surface area contributed by atoms with Crippen LogP contribution in [0.4, 0.5) is 0 Å². The number of likely N-dealkylation sites (tertiary alicyclic amines) is 1. The van der Waals surface area contributed by atoms with Crippen LogP contribution < -0.4 is 0 Å². The van der Waals surface area contributed by atoms with Gasteiger partial charge >= 0.3 is 5.97 Å². The fourth-order valence-electron chi connectivity index (χ4n) is 2.76. The number of phenols is 1. The van der Waals surface area contributed by atoms with Crippen LogP contribution in [0.2, 0.25) is 0 Å². The molecule has 1 heterocycles. The van der Waals surface area contributed by atoms with Gasteiger partial charge in [0, 0.05) is 38.7 Å². The van der Waals surface area contributed by atoms with Crippen molar-refractivity contribution in [3.05, 3.63) is 29.3 Å². The number of aliphatic hydroxyl groups excluding tert-OH is 1. The molecule has 1 saturated heterocycles. The lowest BCUT2D eigenvalue weighted by molar-refractivity contribution is 0.0600. The molecule has 2 N–H and O–H groups in total. The van der Waals surface area contributed by atoms with Gasteiger partial charge in [-0.15, -0.1) is 0 Å². The van der Waals surface area contributed by atoms with E-state index in [-0.39, 0.29) is 35.7 Å². The molecule has 1 fully saturated rings. The lowest BCUT2D eigenvalue weighted by atomic mass is 10.1. The number of carbonyl (C=O) groups excluding carboxylic acids is 2. The van der Waals surface area contributed by atoms with Crippen LogP contribution in [0.3, 0.4) is 0 Å². The van der Waals surface area contributed by atoms with Crippen molar-refractivity contribution in [1.82, 2.24) is 9.21 Å². The first kappa shape index (κ1) is 20.1. The molecular weight excluding hydrogens is 364 g/mol. The van der Waals surface area contributed by atoms with Gasteiger partial charge in [-0.3, -0.25) is 4.79 Å². The zero-order valence-electron chi connectivity index (χ0n) is 14.7. The fourth-order valence-corrected chi connectivity index (χ4v) is 3.92. The van der Waals surface area contributed by atoms with E-state index in [0.717, 1.165) is 4.31 Å². The topological polar surface area (TPSA) is 124 Å². The van der Waals surface area contributed by atoms with Crippen LogP contribution in [-0.4, -0.2) is 85.9 Å². The van der Waals surface area contributed by atoms with E-state index in [0.29, 0.717) is 0 Å². The number of hydrogen-bond acceptors (Lipinski definition) is 7. The van der Waals surface area contributed by atoms with Gasteiger partial charge < -0.3 is 19.8 Å². The minimum absolute atomic E-state index is 0.0160. The van der Waals surface area contributed by atoms with Crippen LogP contribution >= 0.6 is 0 Å². The molecule has 1 amide bonds. The molecule has 0 saturated carbocycles. The van der Waals surface area contributed by atoms with Crippen LogP contribution in [0.25, 0.3) is 0 Å². The van der Waals surface area contributed by atoms with E-state index in [4.69, 9.17) is 0 Å². The molecule has 0 aliphatic carbocycles. The van der Waals surface area contributed by atoms with Crippen molar-refractivity contribution in [1.29, 1.82) is 0 Å². The molecule has 10 heteroatoms. The second-order valence-electron chi connectivity index (χ2n) is 6.36. The van der Waals surface area contributed by atoms with Crippen molar-refractivity contribution in [2.45, 2.75) is 6.10 Å². The molecule has 9 nitrogen and oxygen atoms in total. The standard InChI is InChI=1S/C16H22N2O7S/c1-17(2)26(23,24)9-12-7-18(8-14(12)20)15(21)10-4-11(16(22)25-3)6-13(19)5-10/h4-6,12,14,19-20H,7-9H2,1-3H3/t12-,14+/m0/s1. The summed E-state index contributed by atoms with van der Waals surface area (Å²) in [6, 6.07) is 3.66. The highest BCUT2D eigenvalue weighted by Crippen LogP contribution is 2.24. The molecule has 144 valence electrons. The molecule has 1 aromatic carbocycles. The maximum absolute atomic E-state index is 12.6. The van der Waals surface area contributed by atoms with E-state index in [1.807, 2.05) is 0 Å². The summed E-state index contributed by atoms with van der Waals surface area (Å²) in [4.78, 5) is 25.6. The summed E-state index contributed by atoms with van der Waals surface area (Å²) in [7, 11) is 0.466. The van der Waals surface area contributed by atoms with Gasteiger partial charge in [0.1, 0.15) is 5.75 Å². The number of benzene rings is 1. The summed E-state index contributed by atoms with van der Waals surface area (Å²) in [5.74, 6) is -2.40. The Labute approximate surface area is 151 Å². The summed E-state index contributed by atoms with van der Waals surface area (Å²) in [6.07, 6.45) is -0.980. The van der Waals surface area contributed by atoms with Crippen molar-refractivity contribution >= 4 is 21.9 Å². The molecule has 0 aromatic heterocycles. The highest BCUT2D eigenvalue weighted by Gasteiger charge is 2.37. The Balaban J connectivity index is 2.19. The summed E-state index contributed by atoms with van der Waals surface area (Å²) < 4.78 is 29.7. The van der Waals surface area contributed by atoms with Gasteiger partial charge in [0.25, 0.3) is 5.91 Å². The van der Waals surface area contributed by atoms with Crippen LogP contribution in [0.15, 0.2) is 18.2 Å². The molecule has 2 atom stereocenters. The molecule has 1 aromatic rings. The second kappa shape index (κ2) is 7.60. The first-order valence-corrected chi connectivity index (χ1v) is 9.46. The number of ether oxygens (including phenoxy) is 1. The van der Waals surface area contributed by atoms with Crippen molar-refractivity contribution in [3.8, 4) is 5.75 Å². The molecular formula is C16H22N2O7S. The smallest absolute Gasteiger partial charge is 0.338 e. The maximum Gasteiger partial charge on any atom is 0.338 e. The van der Waals surface area contributed by atoms with Crippen molar-refractivity contribution in [3.63, 3.8) is 0 Å². The zero-order chi connectivity index (χ0) is 19.6. The lowest BCUT2D eigenvalue weighted by Gasteiger charge is -2.18. The number of sulfonamides is 1. The number of aliphatic hydroxyl groups is 1. The first-order chi connectivity index (χ1) is 12.0. The van der Waals surface area contributed by atoms with Crippen molar-refractivity contribution in [2.24, 2.45) is 5.92 Å². The minimum atomic E-state index is -3.52. The number of carbonyl (C=O) groups is 2. The second-order valence-corrected chi connectivity index (χ2v) is 8.59. The Morgan fingerprint density at radius 2 is 1.85 bits per heavy atom. The quantitative estimate of drug-likeness (QED) is 0.654. The molecule has 1 aliphatic rings. The zero-order valence-corrected chi connectivity index (χ0v) is 15.6. The number of aromatic hydroxyl groups is 1. The van der Waals surface area contributed by atoms with Crippen LogP contribution in [0.5, 0.6) is 5.75 Å². The Morgan fingerprint density at radius 3 is 2.42 bits per heavy atom. The van der Waals surface area contributed by atoms with E-state index in [9.17, 15) is 28.2 Å². The number of phenolic OH excluding ortho intramolecular Hbond substituents is 1. The molecule has 0 bridgehead atoms. The SMILES string of the molecule is COC(=O)c1cc(O)cc(C(=O)N2C[C@@H](CS(=O)(=O)N(C)C)[C@H](O)C2)c1. The van der Waals surface area contributed by atoms with Gasteiger partial charge in [0.05, 0.1) is 24.5 Å². The monoisotopic (exact) mass is 386 g/mol. The van der Waals surface area contributed by atoms with Crippen molar-refractivity contribution in [2.75, 3.05) is 40.0 Å². The normalized spacial score (nSPS) is 20.4. The van der Waals surface area contributed by atoms with E-state index in [1.165, 1.54) is 44.3 Å². The van der Waals surface area contributed by atoms with Gasteiger partial charge in [-0.05, 0) is 18.2 Å². The van der Waals surface area contributed by atoms with Crippen LogP contribution in [0.1, 0.15) is 20.7 Å². The Hall–Kier alpha value is -2.17.